The molecule has 3 aromatic carbocycles. The van der Waals surface area contributed by atoms with E-state index in [9.17, 15) is 14.9 Å². The van der Waals surface area contributed by atoms with Gasteiger partial charge in [0.05, 0.1) is 29.6 Å². The minimum Gasteiger partial charge on any atom is -0.353 e. The van der Waals surface area contributed by atoms with Gasteiger partial charge in [0, 0.05) is 11.6 Å². The van der Waals surface area contributed by atoms with Crippen molar-refractivity contribution in [3.8, 4) is 6.07 Å². The molecule has 0 saturated carbocycles. The van der Waals surface area contributed by atoms with E-state index in [0.29, 0.717) is 5.69 Å². The SMILES string of the molecule is N#C[C@@H]1[C@H]2C(=O)N(c3cccc4ccccc34)C(=O)[C@H]2[C@H]2c3ccccc3C=CN12. The van der Waals surface area contributed by atoms with Crippen LogP contribution >= 0.6 is 0 Å². The first kappa shape index (κ1) is 17.0. The molecular formula is C25H17N3O2. The maximum Gasteiger partial charge on any atom is 0.240 e. The smallest absolute Gasteiger partial charge is 0.240 e. The Balaban J connectivity index is 1.52. The molecule has 0 aromatic heterocycles. The Labute approximate surface area is 173 Å². The minimum absolute atomic E-state index is 0.223. The summed E-state index contributed by atoms with van der Waals surface area (Å²) in [5.74, 6) is -1.76. The average molecular weight is 391 g/mol. The van der Waals surface area contributed by atoms with Crippen molar-refractivity contribution in [2.24, 2.45) is 11.8 Å². The fourth-order valence-corrected chi connectivity index (χ4v) is 5.35. The first-order valence-corrected chi connectivity index (χ1v) is 10.0. The quantitative estimate of drug-likeness (QED) is 0.591. The van der Waals surface area contributed by atoms with Gasteiger partial charge in [-0.3, -0.25) is 9.59 Å². The highest BCUT2D eigenvalue weighted by molar-refractivity contribution is 6.25. The van der Waals surface area contributed by atoms with E-state index in [0.717, 1.165) is 21.9 Å². The number of anilines is 1. The van der Waals surface area contributed by atoms with Crippen LogP contribution in [0.4, 0.5) is 5.69 Å². The minimum atomic E-state index is -0.678. The number of nitriles is 1. The molecule has 3 aliphatic rings. The summed E-state index contributed by atoms with van der Waals surface area (Å²) in [4.78, 5) is 30.5. The van der Waals surface area contributed by atoms with Crippen molar-refractivity contribution in [1.29, 1.82) is 5.26 Å². The lowest BCUT2D eigenvalue weighted by molar-refractivity contribution is -0.123. The van der Waals surface area contributed by atoms with Crippen LogP contribution in [-0.4, -0.2) is 22.8 Å². The van der Waals surface area contributed by atoms with Gasteiger partial charge < -0.3 is 4.90 Å². The van der Waals surface area contributed by atoms with Gasteiger partial charge in [-0.15, -0.1) is 0 Å². The lowest BCUT2D eigenvalue weighted by atomic mass is 9.85. The normalized spacial score (nSPS) is 26.5. The molecule has 0 aliphatic carbocycles. The Morgan fingerprint density at radius 3 is 2.43 bits per heavy atom. The maximum atomic E-state index is 13.7. The van der Waals surface area contributed by atoms with Crippen LogP contribution in [0.3, 0.4) is 0 Å². The third-order valence-corrected chi connectivity index (χ3v) is 6.60. The number of rotatable bonds is 1. The summed E-state index contributed by atoms with van der Waals surface area (Å²) < 4.78 is 0. The molecule has 0 N–H and O–H groups in total. The van der Waals surface area contributed by atoms with Crippen molar-refractivity contribution >= 4 is 34.4 Å². The fourth-order valence-electron chi connectivity index (χ4n) is 5.35. The van der Waals surface area contributed by atoms with Crippen molar-refractivity contribution in [3.05, 3.63) is 84.1 Å². The van der Waals surface area contributed by atoms with Crippen LogP contribution in [0.5, 0.6) is 0 Å². The summed E-state index contributed by atoms with van der Waals surface area (Å²) in [7, 11) is 0. The molecule has 0 radical (unpaired) electrons. The van der Waals surface area contributed by atoms with Crippen LogP contribution in [0, 0.1) is 23.2 Å². The van der Waals surface area contributed by atoms with E-state index in [1.165, 1.54) is 4.90 Å². The summed E-state index contributed by atoms with van der Waals surface area (Å²) in [6.45, 7) is 0. The molecule has 30 heavy (non-hydrogen) atoms. The Bertz CT molecular complexity index is 1300. The van der Waals surface area contributed by atoms with Crippen molar-refractivity contribution < 1.29 is 9.59 Å². The average Bonchev–Trinajstić information content (AvgIpc) is 3.26. The molecule has 0 spiro atoms. The summed E-state index contributed by atoms with van der Waals surface area (Å²) in [6, 6.07) is 22.6. The van der Waals surface area contributed by atoms with Gasteiger partial charge in [0.15, 0.2) is 0 Å². The van der Waals surface area contributed by atoms with Gasteiger partial charge in [0.2, 0.25) is 11.8 Å². The number of imide groups is 1. The fraction of sp³-hybridized carbons (Fsp3) is 0.160. The molecule has 5 heteroatoms. The number of hydrogen-bond donors (Lipinski definition) is 0. The first-order chi connectivity index (χ1) is 14.7. The van der Waals surface area contributed by atoms with Crippen molar-refractivity contribution in [1.82, 2.24) is 4.90 Å². The van der Waals surface area contributed by atoms with E-state index in [-0.39, 0.29) is 17.9 Å². The van der Waals surface area contributed by atoms with E-state index in [2.05, 4.69) is 6.07 Å². The maximum absolute atomic E-state index is 13.7. The highest BCUT2D eigenvalue weighted by Crippen LogP contribution is 2.53. The lowest BCUT2D eigenvalue weighted by Crippen LogP contribution is -2.40. The number of carbonyl (C=O) groups excluding carboxylic acids is 2. The second kappa shape index (κ2) is 6.04. The van der Waals surface area contributed by atoms with E-state index in [1.807, 2.05) is 83.9 Å². The van der Waals surface area contributed by atoms with Crippen LogP contribution in [0.1, 0.15) is 17.2 Å². The number of amides is 2. The second-order valence-electron chi connectivity index (χ2n) is 7.97. The number of hydrogen-bond acceptors (Lipinski definition) is 4. The summed E-state index contributed by atoms with van der Waals surface area (Å²) in [6.07, 6.45) is 3.82. The largest absolute Gasteiger partial charge is 0.353 e. The highest BCUT2D eigenvalue weighted by Gasteiger charge is 2.63. The van der Waals surface area contributed by atoms with Gasteiger partial charge in [0.25, 0.3) is 0 Å². The van der Waals surface area contributed by atoms with Crippen LogP contribution in [0.15, 0.2) is 72.9 Å². The zero-order valence-corrected chi connectivity index (χ0v) is 16.0. The lowest BCUT2D eigenvalue weighted by Gasteiger charge is -2.33. The highest BCUT2D eigenvalue weighted by atomic mass is 16.2. The zero-order valence-electron chi connectivity index (χ0n) is 16.0. The summed E-state index contributed by atoms with van der Waals surface area (Å²) in [5, 5.41) is 11.8. The van der Waals surface area contributed by atoms with E-state index in [1.54, 1.807) is 0 Å². The molecule has 3 heterocycles. The third-order valence-electron chi connectivity index (χ3n) is 6.60. The molecule has 3 aromatic rings. The Morgan fingerprint density at radius 2 is 1.57 bits per heavy atom. The molecule has 6 rings (SSSR count). The molecule has 5 nitrogen and oxygen atoms in total. The topological polar surface area (TPSA) is 64.4 Å². The molecule has 0 unspecified atom stereocenters. The van der Waals surface area contributed by atoms with E-state index < -0.39 is 17.9 Å². The Hall–Kier alpha value is -3.91. The second-order valence-corrected chi connectivity index (χ2v) is 7.97. The summed E-state index contributed by atoms with van der Waals surface area (Å²) >= 11 is 0. The van der Waals surface area contributed by atoms with Crippen LogP contribution in [0.25, 0.3) is 16.8 Å². The Morgan fingerprint density at radius 1 is 0.833 bits per heavy atom. The van der Waals surface area contributed by atoms with Gasteiger partial charge in [-0.25, -0.2) is 4.90 Å². The number of nitrogens with zero attached hydrogens (tertiary/aromatic N) is 3. The molecule has 2 saturated heterocycles. The van der Waals surface area contributed by atoms with E-state index in [4.69, 9.17) is 0 Å². The van der Waals surface area contributed by atoms with Crippen molar-refractivity contribution in [2.75, 3.05) is 4.90 Å². The molecular weight excluding hydrogens is 374 g/mol. The van der Waals surface area contributed by atoms with Crippen molar-refractivity contribution in [3.63, 3.8) is 0 Å². The standard InChI is InChI=1S/C25H17N3O2/c26-14-20-21-22(23-18-10-4-2-7-16(18)12-13-27(20)23)25(30)28(24(21)29)19-11-5-8-15-6-1-3-9-17(15)19/h1-13,20-23H/t20-,21-,22-,23-/m1/s1. The van der Waals surface area contributed by atoms with Gasteiger partial charge >= 0.3 is 0 Å². The van der Waals surface area contributed by atoms with Crippen LogP contribution in [-0.2, 0) is 9.59 Å². The summed E-state index contributed by atoms with van der Waals surface area (Å²) in [5.41, 5.74) is 2.62. The molecule has 2 amide bonds. The van der Waals surface area contributed by atoms with Gasteiger partial charge in [-0.1, -0.05) is 60.7 Å². The monoisotopic (exact) mass is 391 g/mol. The molecule has 0 bridgehead atoms. The van der Waals surface area contributed by atoms with Gasteiger partial charge in [-0.05, 0) is 28.7 Å². The third kappa shape index (κ3) is 2.05. The first-order valence-electron chi connectivity index (χ1n) is 10.0. The molecule has 2 fully saturated rings. The zero-order chi connectivity index (χ0) is 20.4. The van der Waals surface area contributed by atoms with Crippen LogP contribution < -0.4 is 4.90 Å². The van der Waals surface area contributed by atoms with Crippen molar-refractivity contribution in [2.45, 2.75) is 12.1 Å². The number of carbonyl (C=O) groups is 2. The number of fused-ring (bicyclic) bond motifs is 6. The van der Waals surface area contributed by atoms with Crippen LogP contribution in [0.2, 0.25) is 0 Å². The number of benzene rings is 3. The molecule has 144 valence electrons. The predicted octanol–water partition coefficient (Wildman–Crippen LogP) is 3.88. The van der Waals surface area contributed by atoms with E-state index >= 15 is 0 Å². The predicted molar refractivity (Wildman–Crippen MR) is 113 cm³/mol. The Kier molecular flexibility index (Phi) is 3.42. The molecule has 4 atom stereocenters. The van der Waals surface area contributed by atoms with Gasteiger partial charge in [-0.2, -0.15) is 5.26 Å². The van der Waals surface area contributed by atoms with Gasteiger partial charge in [0.1, 0.15) is 6.04 Å². The molecule has 3 aliphatic heterocycles.